The van der Waals surface area contributed by atoms with Crippen LogP contribution in [-0.4, -0.2) is 116 Å². The van der Waals surface area contributed by atoms with E-state index in [1.165, 1.54) is 18.9 Å². The Kier molecular flexibility index (Phi) is 7.99. The average molecular weight is 554 g/mol. The molecule has 15 heteroatoms. The molecule has 3 aliphatic rings. The van der Waals surface area contributed by atoms with Gasteiger partial charge >= 0.3 is 5.97 Å². The molecule has 200 valence electrons. The van der Waals surface area contributed by atoms with Gasteiger partial charge in [0.1, 0.15) is 25.8 Å². The van der Waals surface area contributed by atoms with Gasteiger partial charge in [0.2, 0.25) is 11.5 Å². The van der Waals surface area contributed by atoms with Gasteiger partial charge in [-0.3, -0.25) is 9.59 Å². The van der Waals surface area contributed by atoms with Crippen LogP contribution >= 0.6 is 23.3 Å². The Labute approximate surface area is 220 Å². The average Bonchev–Trinajstić information content (AvgIpc) is 3.28. The molecule has 6 atom stereocenters. The first kappa shape index (κ1) is 27.2. The Hall–Kier alpha value is -2.85. The number of amides is 1. The number of nitrogen functional groups attached to an aromatic ring is 1. The predicted molar refractivity (Wildman–Crippen MR) is 136 cm³/mol. The number of aromatic nitrogens is 2. The van der Waals surface area contributed by atoms with E-state index in [2.05, 4.69) is 19.8 Å². The van der Waals surface area contributed by atoms with Gasteiger partial charge in [-0.2, -0.15) is 21.1 Å². The minimum absolute atomic E-state index is 0.0342. The third-order valence-electron chi connectivity index (χ3n) is 6.83. The number of nitrogens with two attached hydrogens (primary N) is 1. The smallest absolute Gasteiger partial charge is 0.332 e. The van der Waals surface area contributed by atoms with Crippen LogP contribution in [0.5, 0.6) is 0 Å². The van der Waals surface area contributed by atoms with Crippen molar-refractivity contribution in [1.82, 2.24) is 14.7 Å². The van der Waals surface area contributed by atoms with Gasteiger partial charge in [0.05, 0.1) is 37.7 Å². The van der Waals surface area contributed by atoms with Crippen molar-refractivity contribution in [2.75, 3.05) is 45.3 Å². The number of aliphatic carboxylic acids is 1. The Balaban J connectivity index is 1.46. The maximum atomic E-state index is 13.0. The van der Waals surface area contributed by atoms with Gasteiger partial charge in [-0.25, -0.2) is 4.79 Å². The van der Waals surface area contributed by atoms with E-state index in [1.54, 1.807) is 6.08 Å². The fourth-order valence-electron chi connectivity index (χ4n) is 4.85. The van der Waals surface area contributed by atoms with Crippen LogP contribution in [0.3, 0.4) is 0 Å². The summed E-state index contributed by atoms with van der Waals surface area (Å²) in [4.78, 5) is 46.7. The molecule has 1 saturated heterocycles. The Morgan fingerprint density at radius 2 is 2.11 bits per heavy atom. The van der Waals surface area contributed by atoms with E-state index < -0.39 is 47.1 Å². The van der Waals surface area contributed by atoms with E-state index >= 15 is 0 Å². The molecule has 1 aromatic heterocycles. The highest BCUT2D eigenvalue weighted by atomic mass is 32.2. The Bertz CT molecular complexity index is 1180. The van der Waals surface area contributed by atoms with Crippen LogP contribution in [-0.2, 0) is 19.2 Å². The molecule has 1 saturated carbocycles. The van der Waals surface area contributed by atoms with Gasteiger partial charge in [-0.15, -0.1) is 0 Å². The summed E-state index contributed by atoms with van der Waals surface area (Å²) in [6.07, 6.45) is 2.54. The number of hydrogen-bond acceptors (Lipinski definition) is 12. The second-order valence-electron chi connectivity index (χ2n) is 9.46. The number of aliphatic hydroxyl groups is 2. The lowest BCUT2D eigenvalue weighted by atomic mass is 9.71. The number of carbonyl (C=O) groups is 3. The first-order chi connectivity index (χ1) is 17.5. The number of Topliss-reactive ketones (excluding diaryl/α,β-unsaturated/α-hetero) is 1. The van der Waals surface area contributed by atoms with Crippen molar-refractivity contribution in [1.29, 1.82) is 0 Å². The van der Waals surface area contributed by atoms with E-state index in [0.29, 0.717) is 41.9 Å². The molecule has 13 nitrogen and oxygen atoms in total. The summed E-state index contributed by atoms with van der Waals surface area (Å²) < 4.78 is 4.47. The Morgan fingerprint density at radius 3 is 2.73 bits per heavy atom. The number of nitrogens with zero attached hydrogens (tertiary/aromatic N) is 4. The number of likely N-dealkylation sites (tertiary alicyclic amines) is 1. The Morgan fingerprint density at radius 1 is 1.35 bits per heavy atom. The highest BCUT2D eigenvalue weighted by molar-refractivity contribution is 8.00. The molecule has 2 fully saturated rings. The van der Waals surface area contributed by atoms with Crippen LogP contribution in [0.2, 0.25) is 0 Å². The van der Waals surface area contributed by atoms with Gasteiger partial charge < -0.3 is 35.7 Å². The summed E-state index contributed by atoms with van der Waals surface area (Å²) in [5, 5.41) is 35.7. The summed E-state index contributed by atoms with van der Waals surface area (Å²) in [5.74, 6) is -2.83. The summed E-state index contributed by atoms with van der Waals surface area (Å²) in [6, 6.07) is -0.897. The number of allylic oxidation sites excluding steroid dienone is 1. The van der Waals surface area contributed by atoms with E-state index in [0.717, 1.165) is 11.5 Å². The van der Waals surface area contributed by atoms with Gasteiger partial charge in [-0.05, 0) is 11.6 Å². The molecule has 6 N–H and O–H groups in total. The van der Waals surface area contributed by atoms with Gasteiger partial charge in [0.15, 0.2) is 10.9 Å². The SMILES string of the molecule is CO/N=C(\C(=O)N[C@@H]1C(=O)C2C(C(=O)O)=C(/C=C/C[N+]3(C)CC[C@@H](O)[C@H](O)C3)CS[C@@H]21)c1nsc(N)n1. The quantitative estimate of drug-likeness (QED) is 0.147. The van der Waals surface area contributed by atoms with Crippen LogP contribution in [0.15, 0.2) is 28.5 Å². The number of oxime groups is 1. The largest absolute Gasteiger partial charge is 0.478 e. The second-order valence-corrected chi connectivity index (χ2v) is 11.4. The molecular formula is C22H29N6O7S2+. The molecule has 1 aliphatic carbocycles. The number of thioether (sulfide) groups is 1. The first-order valence-corrected chi connectivity index (χ1v) is 13.4. The summed E-state index contributed by atoms with van der Waals surface area (Å²) in [7, 11) is 3.22. The molecule has 4 rings (SSSR count). The highest BCUT2D eigenvalue weighted by Crippen LogP contribution is 2.45. The lowest BCUT2D eigenvalue weighted by molar-refractivity contribution is -0.913. The number of carbonyl (C=O) groups excluding carboxylic acids is 2. The first-order valence-electron chi connectivity index (χ1n) is 11.5. The number of quaternary nitrogens is 1. The monoisotopic (exact) mass is 553 g/mol. The highest BCUT2D eigenvalue weighted by Gasteiger charge is 2.56. The minimum Gasteiger partial charge on any atom is -0.478 e. The topological polar surface area (TPSA) is 197 Å². The maximum absolute atomic E-state index is 13.0. The number of nitrogens with one attached hydrogen (secondary N) is 1. The zero-order valence-electron chi connectivity index (χ0n) is 20.2. The molecule has 37 heavy (non-hydrogen) atoms. The number of rotatable bonds is 8. The van der Waals surface area contributed by atoms with Crippen LogP contribution in [0.4, 0.5) is 5.13 Å². The number of anilines is 1. The number of likely N-dealkylation sites (N-methyl/N-ethyl adjacent to an activating group) is 1. The lowest BCUT2D eigenvalue weighted by Gasteiger charge is -2.46. The molecule has 2 unspecified atom stereocenters. The number of aliphatic hydroxyl groups excluding tert-OH is 2. The molecule has 2 aliphatic heterocycles. The van der Waals surface area contributed by atoms with E-state index in [4.69, 9.17) is 10.6 Å². The number of carboxylic acids is 1. The summed E-state index contributed by atoms with van der Waals surface area (Å²) in [6.45, 7) is 1.62. The predicted octanol–water partition coefficient (Wildman–Crippen LogP) is -1.22. The van der Waals surface area contributed by atoms with Crippen molar-refractivity contribution in [3.05, 3.63) is 29.1 Å². The van der Waals surface area contributed by atoms with Crippen LogP contribution < -0.4 is 11.1 Å². The van der Waals surface area contributed by atoms with E-state index in [9.17, 15) is 29.7 Å². The molecule has 1 amide bonds. The number of hydrogen-bond donors (Lipinski definition) is 5. The van der Waals surface area contributed by atoms with Crippen molar-refractivity contribution in [2.45, 2.75) is 29.9 Å². The molecule has 0 aromatic carbocycles. The third kappa shape index (κ3) is 5.55. The van der Waals surface area contributed by atoms with Crippen molar-refractivity contribution in [2.24, 2.45) is 11.1 Å². The molecule has 0 bridgehead atoms. The lowest BCUT2D eigenvalue weighted by Crippen LogP contribution is -2.65. The fourth-order valence-corrected chi connectivity index (χ4v) is 6.76. The third-order valence-corrected chi connectivity index (χ3v) is 8.78. The molecule has 0 radical (unpaired) electrons. The second kappa shape index (κ2) is 10.9. The molecular weight excluding hydrogens is 524 g/mol. The fraction of sp³-hybridized carbons (Fsp3) is 0.545. The van der Waals surface area contributed by atoms with Crippen LogP contribution in [0, 0.1) is 5.92 Å². The zero-order valence-corrected chi connectivity index (χ0v) is 21.9. The number of piperidine rings is 1. The maximum Gasteiger partial charge on any atom is 0.332 e. The van der Waals surface area contributed by atoms with Crippen molar-refractivity contribution >= 4 is 51.8 Å². The van der Waals surface area contributed by atoms with Crippen molar-refractivity contribution < 1.29 is 39.0 Å². The van der Waals surface area contributed by atoms with Crippen LogP contribution in [0.1, 0.15) is 12.2 Å². The normalized spacial score (nSPS) is 32.2. The number of fused-ring (bicyclic) bond motifs is 1. The van der Waals surface area contributed by atoms with Crippen molar-refractivity contribution in [3.63, 3.8) is 0 Å². The van der Waals surface area contributed by atoms with Crippen molar-refractivity contribution in [3.8, 4) is 0 Å². The standard InChI is InChI=1S/C22H28N6O7S2/c1-28(7-5-11(29)12(30)8-28)6-3-4-10-9-36-18-14(13(10)21(33)34)17(31)15(18)24-20(32)16(26-35-2)19-25-22(23)37-27-19/h3-4,11-12,14-15,18,29-30H,5-9H2,1-2H3,(H3-,23,24,25,27,32,33,34)/p+1/b4-3+,26-16-/t11-,12-,14?,15-,18+,28?/m1/s1. The summed E-state index contributed by atoms with van der Waals surface area (Å²) >= 11 is 2.28. The number of carboxylic acid groups (broad SMARTS) is 1. The van der Waals surface area contributed by atoms with E-state index in [-0.39, 0.29) is 22.2 Å². The molecule has 0 spiro atoms. The number of ketones is 1. The van der Waals surface area contributed by atoms with Gasteiger partial charge in [-0.1, -0.05) is 11.2 Å². The minimum atomic E-state index is -1.17. The molecule has 1 aromatic rings. The van der Waals surface area contributed by atoms with Gasteiger partial charge in [0.25, 0.3) is 5.91 Å². The zero-order chi connectivity index (χ0) is 26.9. The van der Waals surface area contributed by atoms with E-state index in [1.807, 2.05) is 13.1 Å². The summed E-state index contributed by atoms with van der Waals surface area (Å²) in [5.41, 5.74) is 5.93. The van der Waals surface area contributed by atoms with Gasteiger partial charge in [0, 0.05) is 29.0 Å². The van der Waals surface area contributed by atoms with Crippen LogP contribution in [0.25, 0.3) is 0 Å². The molecule has 3 heterocycles.